The highest BCUT2D eigenvalue weighted by molar-refractivity contribution is 5.85. The lowest BCUT2D eigenvalue weighted by Gasteiger charge is -2.41. The number of carbonyl (C=O) groups is 2. The zero-order chi connectivity index (χ0) is 23.8. The molecule has 2 N–H and O–H groups in total. The summed E-state index contributed by atoms with van der Waals surface area (Å²) in [5.74, 6) is -1.14. The van der Waals surface area contributed by atoms with Crippen molar-refractivity contribution in [2.75, 3.05) is 13.2 Å². The predicted molar refractivity (Wildman–Crippen MR) is 130 cm³/mol. The van der Waals surface area contributed by atoms with E-state index in [2.05, 4.69) is 5.32 Å². The van der Waals surface area contributed by atoms with E-state index in [1.807, 2.05) is 60.4 Å². The van der Waals surface area contributed by atoms with Crippen molar-refractivity contribution in [2.24, 2.45) is 17.8 Å². The van der Waals surface area contributed by atoms with Gasteiger partial charge in [-0.3, -0.25) is 14.4 Å². The standard InChI is InChI=1S/C27H31N3O4/c1-2-28-25(32)23-20(16-31)22-15-29-21(24(23)30(22)27(34)18-9-6-10-18)14-13-19(26(29)33)12-11-17-7-4-3-5-8-17/h3-5,7-8,11-14,18,20,22-24,31H,2,6,9-10,15-16H2,1H3,(H,28,32)/b12-11+/t20-,22-,23+,24+/m0/s1. The molecule has 2 aliphatic heterocycles. The Hall–Kier alpha value is -3.19. The molecule has 4 atom stereocenters. The number of pyridine rings is 1. The molecule has 5 rings (SSSR count). The number of aliphatic hydroxyl groups is 1. The Labute approximate surface area is 199 Å². The lowest BCUT2D eigenvalue weighted by molar-refractivity contribution is -0.143. The van der Waals surface area contributed by atoms with E-state index in [1.54, 1.807) is 10.6 Å². The van der Waals surface area contributed by atoms with Crippen LogP contribution >= 0.6 is 0 Å². The Morgan fingerprint density at radius 3 is 2.53 bits per heavy atom. The molecule has 0 radical (unpaired) electrons. The van der Waals surface area contributed by atoms with Gasteiger partial charge in [0.25, 0.3) is 5.56 Å². The molecule has 178 valence electrons. The van der Waals surface area contributed by atoms with Crippen LogP contribution < -0.4 is 10.9 Å². The molecule has 3 heterocycles. The highest BCUT2D eigenvalue weighted by Crippen LogP contribution is 2.50. The monoisotopic (exact) mass is 461 g/mol. The Kier molecular flexibility index (Phi) is 6.13. The van der Waals surface area contributed by atoms with Crippen molar-refractivity contribution in [1.29, 1.82) is 0 Å². The SMILES string of the molecule is CCNC(=O)[C@@H]1[C@@H](CO)[C@@H]2Cn3c(ccc(/C=C/c4ccccc4)c3=O)[C@H]1N2C(=O)C1CCC1. The summed E-state index contributed by atoms with van der Waals surface area (Å²) in [4.78, 5) is 41.9. The first kappa shape index (κ1) is 22.6. The quantitative estimate of drug-likeness (QED) is 0.691. The fraction of sp³-hybridized carbons (Fsp3) is 0.444. The summed E-state index contributed by atoms with van der Waals surface area (Å²) in [5, 5.41) is 13.2. The number of hydrogen-bond donors (Lipinski definition) is 2. The topological polar surface area (TPSA) is 91.6 Å². The van der Waals surface area contributed by atoms with Crippen LogP contribution in [-0.2, 0) is 16.1 Å². The van der Waals surface area contributed by atoms with Gasteiger partial charge in [0.15, 0.2) is 0 Å². The number of carbonyl (C=O) groups excluding carboxylic acids is 2. The van der Waals surface area contributed by atoms with Gasteiger partial charge in [-0.05, 0) is 43.5 Å². The summed E-state index contributed by atoms with van der Waals surface area (Å²) in [7, 11) is 0. The first-order chi connectivity index (χ1) is 16.5. The van der Waals surface area contributed by atoms with E-state index in [9.17, 15) is 19.5 Å². The molecule has 0 spiro atoms. The van der Waals surface area contributed by atoms with E-state index in [4.69, 9.17) is 0 Å². The first-order valence-electron chi connectivity index (χ1n) is 12.2. The molecule has 0 unspecified atom stereocenters. The number of fused-ring (bicyclic) bond motifs is 4. The molecule has 1 aliphatic carbocycles. The Balaban J connectivity index is 1.57. The fourth-order valence-electron chi connectivity index (χ4n) is 5.76. The largest absolute Gasteiger partial charge is 0.396 e. The molecule has 1 aromatic carbocycles. The van der Waals surface area contributed by atoms with Crippen LogP contribution in [0.15, 0.2) is 47.3 Å². The highest BCUT2D eigenvalue weighted by Gasteiger charge is 2.58. The molecule has 2 bridgehead atoms. The van der Waals surface area contributed by atoms with Crippen LogP contribution in [0.1, 0.15) is 49.0 Å². The number of amides is 2. The Morgan fingerprint density at radius 2 is 1.88 bits per heavy atom. The molecule has 3 aliphatic rings. The van der Waals surface area contributed by atoms with E-state index >= 15 is 0 Å². The van der Waals surface area contributed by atoms with Crippen LogP contribution in [0.4, 0.5) is 0 Å². The second-order valence-electron chi connectivity index (χ2n) is 9.53. The van der Waals surface area contributed by atoms with Crippen LogP contribution in [0, 0.1) is 17.8 Å². The number of rotatable bonds is 6. The van der Waals surface area contributed by atoms with Crippen LogP contribution in [0.3, 0.4) is 0 Å². The molecule has 1 saturated heterocycles. The number of aliphatic hydroxyl groups excluding tert-OH is 1. The predicted octanol–water partition coefficient (Wildman–Crippen LogP) is 2.45. The van der Waals surface area contributed by atoms with E-state index in [0.717, 1.165) is 24.8 Å². The van der Waals surface area contributed by atoms with E-state index in [0.29, 0.717) is 17.8 Å². The Morgan fingerprint density at radius 1 is 1.12 bits per heavy atom. The summed E-state index contributed by atoms with van der Waals surface area (Å²) in [5.41, 5.74) is 2.10. The van der Waals surface area contributed by atoms with E-state index in [-0.39, 0.29) is 42.5 Å². The van der Waals surface area contributed by atoms with Crippen molar-refractivity contribution in [2.45, 2.75) is 44.8 Å². The summed E-state index contributed by atoms with van der Waals surface area (Å²) in [6, 6.07) is 12.5. The van der Waals surface area contributed by atoms with Gasteiger partial charge in [0, 0.05) is 42.8 Å². The average molecular weight is 462 g/mol. The first-order valence-corrected chi connectivity index (χ1v) is 12.2. The second-order valence-corrected chi connectivity index (χ2v) is 9.53. The van der Waals surface area contributed by atoms with Gasteiger partial charge in [-0.25, -0.2) is 0 Å². The maximum atomic E-state index is 13.5. The molecule has 1 aromatic heterocycles. The molecule has 7 heteroatoms. The molecule has 2 fully saturated rings. The van der Waals surface area contributed by atoms with Crippen LogP contribution in [0.5, 0.6) is 0 Å². The molecule has 34 heavy (non-hydrogen) atoms. The third-order valence-electron chi connectivity index (χ3n) is 7.69. The van der Waals surface area contributed by atoms with Gasteiger partial charge in [0.05, 0.1) is 18.0 Å². The third-order valence-corrected chi connectivity index (χ3v) is 7.69. The van der Waals surface area contributed by atoms with Crippen LogP contribution in [0.25, 0.3) is 12.2 Å². The molecule has 1 saturated carbocycles. The van der Waals surface area contributed by atoms with Gasteiger partial charge < -0.3 is 19.9 Å². The maximum Gasteiger partial charge on any atom is 0.258 e. The van der Waals surface area contributed by atoms with Crippen LogP contribution in [-0.4, -0.2) is 45.6 Å². The van der Waals surface area contributed by atoms with Crippen molar-refractivity contribution < 1.29 is 14.7 Å². The number of nitrogens with zero attached hydrogens (tertiary/aromatic N) is 2. The minimum atomic E-state index is -0.585. The third kappa shape index (κ3) is 3.68. The molecule has 2 aromatic rings. The van der Waals surface area contributed by atoms with Crippen molar-refractivity contribution in [3.8, 4) is 0 Å². The molecule has 2 amide bonds. The lowest BCUT2D eigenvalue weighted by atomic mass is 9.83. The van der Waals surface area contributed by atoms with Crippen LogP contribution in [0.2, 0.25) is 0 Å². The van der Waals surface area contributed by atoms with E-state index in [1.165, 1.54) is 0 Å². The molecular weight excluding hydrogens is 430 g/mol. The van der Waals surface area contributed by atoms with Gasteiger partial charge in [-0.15, -0.1) is 0 Å². The number of hydrogen-bond acceptors (Lipinski definition) is 4. The number of benzene rings is 1. The summed E-state index contributed by atoms with van der Waals surface area (Å²) >= 11 is 0. The maximum absolute atomic E-state index is 13.5. The van der Waals surface area contributed by atoms with Crippen molar-refractivity contribution in [3.63, 3.8) is 0 Å². The summed E-state index contributed by atoms with van der Waals surface area (Å²) in [6.07, 6.45) is 6.47. The highest BCUT2D eigenvalue weighted by atomic mass is 16.3. The normalized spacial score (nSPS) is 25.8. The average Bonchev–Trinajstić information content (AvgIpc) is 3.05. The Bertz CT molecular complexity index is 1170. The summed E-state index contributed by atoms with van der Waals surface area (Å²) in [6.45, 7) is 2.41. The van der Waals surface area contributed by atoms with Gasteiger partial charge in [0.1, 0.15) is 0 Å². The van der Waals surface area contributed by atoms with E-state index < -0.39 is 17.9 Å². The van der Waals surface area contributed by atoms with Gasteiger partial charge in [0.2, 0.25) is 11.8 Å². The second kappa shape index (κ2) is 9.22. The molecular formula is C27H31N3O4. The van der Waals surface area contributed by atoms with Crippen molar-refractivity contribution >= 4 is 24.0 Å². The minimum absolute atomic E-state index is 0.0244. The fourth-order valence-corrected chi connectivity index (χ4v) is 5.76. The number of nitrogens with one attached hydrogen (secondary N) is 1. The van der Waals surface area contributed by atoms with Crippen molar-refractivity contribution in [3.05, 3.63) is 69.6 Å². The van der Waals surface area contributed by atoms with Gasteiger partial charge >= 0.3 is 0 Å². The van der Waals surface area contributed by atoms with Crippen molar-refractivity contribution in [1.82, 2.24) is 14.8 Å². The van der Waals surface area contributed by atoms with Gasteiger partial charge in [-0.2, -0.15) is 0 Å². The smallest absolute Gasteiger partial charge is 0.258 e. The summed E-state index contributed by atoms with van der Waals surface area (Å²) < 4.78 is 1.71. The number of aromatic nitrogens is 1. The zero-order valence-electron chi connectivity index (χ0n) is 19.4. The zero-order valence-corrected chi connectivity index (χ0v) is 19.4. The molecule has 7 nitrogen and oxygen atoms in total. The van der Waals surface area contributed by atoms with Gasteiger partial charge in [-0.1, -0.05) is 42.8 Å². The minimum Gasteiger partial charge on any atom is -0.396 e. The lowest BCUT2D eigenvalue weighted by Crippen LogP contribution is -2.51.